The Morgan fingerprint density at radius 3 is 2.60 bits per heavy atom. The van der Waals surface area contributed by atoms with Gasteiger partial charge in [-0.05, 0) is 18.6 Å². The van der Waals surface area contributed by atoms with Crippen LogP contribution in [-0.4, -0.2) is 5.78 Å². The van der Waals surface area contributed by atoms with E-state index in [9.17, 15) is 4.79 Å². The molecule has 1 nitrogen and oxygen atoms in total. The lowest BCUT2D eigenvalue weighted by atomic mass is 10.1. The molecule has 0 N–H and O–H groups in total. The van der Waals surface area contributed by atoms with E-state index in [1.54, 1.807) is 18.3 Å². The minimum absolute atomic E-state index is 0.144. The molecule has 0 saturated carbocycles. The minimum Gasteiger partial charge on any atom is -0.294 e. The number of ketones is 1. The third-order valence-corrected chi connectivity index (χ3v) is 3.22. The monoisotopic (exact) mass is 216 g/mol. The summed E-state index contributed by atoms with van der Waals surface area (Å²) in [5.41, 5.74) is 2.11. The normalized spacial score (nSPS) is 10.2. The lowest BCUT2D eigenvalue weighted by molar-refractivity contribution is 0.101. The van der Waals surface area contributed by atoms with Gasteiger partial charge in [-0.15, -0.1) is 11.3 Å². The van der Waals surface area contributed by atoms with Gasteiger partial charge in [0, 0.05) is 22.2 Å². The standard InChI is InChI=1S/C13H12OS/c1-10(14)12-8-13(15-9-12)7-11-5-3-2-4-6-11/h2-6,8-9H,7H2,1H3. The summed E-state index contributed by atoms with van der Waals surface area (Å²) in [6.45, 7) is 1.61. The molecule has 0 radical (unpaired) electrons. The molecule has 1 aromatic heterocycles. The Balaban J connectivity index is 2.15. The van der Waals surface area contributed by atoms with Gasteiger partial charge in [0.15, 0.2) is 5.78 Å². The van der Waals surface area contributed by atoms with E-state index in [2.05, 4.69) is 12.1 Å². The highest BCUT2D eigenvalue weighted by Gasteiger charge is 2.04. The maximum Gasteiger partial charge on any atom is 0.160 e. The van der Waals surface area contributed by atoms with Crippen LogP contribution in [0.5, 0.6) is 0 Å². The summed E-state index contributed by atoms with van der Waals surface area (Å²) in [6, 6.07) is 12.3. The van der Waals surface area contributed by atoms with Crippen LogP contribution in [-0.2, 0) is 6.42 Å². The van der Waals surface area contributed by atoms with E-state index in [1.165, 1.54) is 10.4 Å². The Morgan fingerprint density at radius 2 is 2.00 bits per heavy atom. The number of carbonyl (C=O) groups is 1. The molecule has 0 aliphatic carbocycles. The van der Waals surface area contributed by atoms with Crippen LogP contribution >= 0.6 is 11.3 Å². The summed E-state index contributed by atoms with van der Waals surface area (Å²) in [5.74, 6) is 0.144. The maximum atomic E-state index is 11.1. The van der Waals surface area contributed by atoms with Crippen molar-refractivity contribution in [2.24, 2.45) is 0 Å². The Morgan fingerprint density at radius 1 is 1.27 bits per heavy atom. The van der Waals surface area contributed by atoms with Gasteiger partial charge < -0.3 is 0 Å². The molecular formula is C13H12OS. The second kappa shape index (κ2) is 4.41. The number of Topliss-reactive ketones (excluding diaryl/α,β-unsaturated/α-hetero) is 1. The number of carbonyl (C=O) groups excluding carboxylic acids is 1. The summed E-state index contributed by atoms with van der Waals surface area (Å²) in [4.78, 5) is 12.4. The van der Waals surface area contributed by atoms with Crippen molar-refractivity contribution in [3.63, 3.8) is 0 Å². The van der Waals surface area contributed by atoms with Crippen molar-refractivity contribution < 1.29 is 4.79 Å². The lowest BCUT2D eigenvalue weighted by Crippen LogP contribution is -1.87. The highest BCUT2D eigenvalue weighted by molar-refractivity contribution is 7.10. The van der Waals surface area contributed by atoms with Crippen LogP contribution in [0.1, 0.15) is 27.7 Å². The van der Waals surface area contributed by atoms with Gasteiger partial charge in [-0.25, -0.2) is 0 Å². The highest BCUT2D eigenvalue weighted by atomic mass is 32.1. The molecule has 1 aromatic carbocycles. The van der Waals surface area contributed by atoms with Crippen LogP contribution in [0.15, 0.2) is 41.8 Å². The largest absolute Gasteiger partial charge is 0.294 e. The summed E-state index contributed by atoms with van der Waals surface area (Å²) in [7, 11) is 0. The first-order valence-electron chi connectivity index (χ1n) is 4.88. The third-order valence-electron chi connectivity index (χ3n) is 2.28. The van der Waals surface area contributed by atoms with Crippen molar-refractivity contribution in [3.05, 3.63) is 57.8 Å². The molecule has 0 aliphatic heterocycles. The number of hydrogen-bond acceptors (Lipinski definition) is 2. The lowest BCUT2D eigenvalue weighted by Gasteiger charge is -1.96. The molecule has 0 aliphatic rings. The molecular weight excluding hydrogens is 204 g/mol. The van der Waals surface area contributed by atoms with Gasteiger partial charge >= 0.3 is 0 Å². The molecule has 2 rings (SSSR count). The number of benzene rings is 1. The predicted molar refractivity (Wildman–Crippen MR) is 63.6 cm³/mol. The average molecular weight is 216 g/mol. The number of rotatable bonds is 3. The zero-order chi connectivity index (χ0) is 10.7. The number of hydrogen-bond donors (Lipinski definition) is 0. The summed E-state index contributed by atoms with van der Waals surface area (Å²) in [6.07, 6.45) is 0.915. The van der Waals surface area contributed by atoms with Crippen LogP contribution < -0.4 is 0 Å². The summed E-state index contributed by atoms with van der Waals surface area (Å²) >= 11 is 1.65. The Hall–Kier alpha value is -1.41. The van der Waals surface area contributed by atoms with Gasteiger partial charge in [0.25, 0.3) is 0 Å². The fourth-order valence-corrected chi connectivity index (χ4v) is 2.41. The van der Waals surface area contributed by atoms with Gasteiger partial charge in [-0.1, -0.05) is 30.3 Å². The first kappa shape index (κ1) is 10.1. The van der Waals surface area contributed by atoms with Crippen LogP contribution in [0.4, 0.5) is 0 Å². The fourth-order valence-electron chi connectivity index (χ4n) is 1.46. The second-order valence-electron chi connectivity index (χ2n) is 3.52. The van der Waals surface area contributed by atoms with Crippen LogP contribution in [0, 0.1) is 0 Å². The Labute approximate surface area is 93.4 Å². The fraction of sp³-hybridized carbons (Fsp3) is 0.154. The quantitative estimate of drug-likeness (QED) is 0.717. The molecule has 76 valence electrons. The summed E-state index contributed by atoms with van der Waals surface area (Å²) < 4.78 is 0. The SMILES string of the molecule is CC(=O)c1csc(Cc2ccccc2)c1. The van der Waals surface area contributed by atoms with Gasteiger partial charge in [0.1, 0.15) is 0 Å². The topological polar surface area (TPSA) is 17.1 Å². The van der Waals surface area contributed by atoms with E-state index in [1.807, 2.05) is 29.6 Å². The molecule has 0 unspecified atom stereocenters. The number of thiophene rings is 1. The van der Waals surface area contributed by atoms with E-state index in [0.29, 0.717) is 0 Å². The minimum atomic E-state index is 0.144. The molecule has 0 spiro atoms. The molecule has 2 aromatic rings. The Kier molecular flexibility index (Phi) is 2.97. The van der Waals surface area contributed by atoms with E-state index in [0.717, 1.165) is 12.0 Å². The van der Waals surface area contributed by atoms with Crippen LogP contribution in [0.25, 0.3) is 0 Å². The molecule has 0 amide bonds. The molecule has 0 fully saturated rings. The maximum absolute atomic E-state index is 11.1. The molecule has 15 heavy (non-hydrogen) atoms. The van der Waals surface area contributed by atoms with E-state index >= 15 is 0 Å². The smallest absolute Gasteiger partial charge is 0.160 e. The van der Waals surface area contributed by atoms with Crippen LogP contribution in [0.3, 0.4) is 0 Å². The highest BCUT2D eigenvalue weighted by Crippen LogP contribution is 2.18. The summed E-state index contributed by atoms with van der Waals surface area (Å²) in [5, 5.41) is 1.93. The molecule has 0 saturated heterocycles. The van der Waals surface area contributed by atoms with Crippen molar-refractivity contribution in [2.45, 2.75) is 13.3 Å². The second-order valence-corrected chi connectivity index (χ2v) is 4.52. The van der Waals surface area contributed by atoms with Crippen molar-refractivity contribution in [1.82, 2.24) is 0 Å². The van der Waals surface area contributed by atoms with E-state index in [4.69, 9.17) is 0 Å². The molecule has 0 atom stereocenters. The van der Waals surface area contributed by atoms with Crippen molar-refractivity contribution >= 4 is 17.1 Å². The zero-order valence-corrected chi connectivity index (χ0v) is 9.38. The van der Waals surface area contributed by atoms with E-state index in [-0.39, 0.29) is 5.78 Å². The average Bonchev–Trinajstić information content (AvgIpc) is 2.68. The van der Waals surface area contributed by atoms with Crippen LogP contribution in [0.2, 0.25) is 0 Å². The molecule has 1 heterocycles. The Bertz CT molecular complexity index is 456. The third kappa shape index (κ3) is 2.54. The van der Waals surface area contributed by atoms with E-state index < -0.39 is 0 Å². The van der Waals surface area contributed by atoms with Crippen molar-refractivity contribution in [2.75, 3.05) is 0 Å². The first-order valence-corrected chi connectivity index (χ1v) is 5.76. The molecule has 0 bridgehead atoms. The van der Waals surface area contributed by atoms with Gasteiger partial charge in [-0.2, -0.15) is 0 Å². The van der Waals surface area contributed by atoms with Crippen molar-refractivity contribution in [1.29, 1.82) is 0 Å². The van der Waals surface area contributed by atoms with Gasteiger partial charge in [0.2, 0.25) is 0 Å². The zero-order valence-electron chi connectivity index (χ0n) is 8.57. The molecule has 2 heteroatoms. The van der Waals surface area contributed by atoms with Gasteiger partial charge in [0.05, 0.1) is 0 Å². The van der Waals surface area contributed by atoms with Crippen molar-refractivity contribution in [3.8, 4) is 0 Å². The van der Waals surface area contributed by atoms with Gasteiger partial charge in [-0.3, -0.25) is 4.79 Å². The predicted octanol–water partition coefficient (Wildman–Crippen LogP) is 3.54. The first-order chi connectivity index (χ1) is 7.25.